The van der Waals surface area contributed by atoms with Crippen molar-refractivity contribution in [2.75, 3.05) is 36.1 Å². The van der Waals surface area contributed by atoms with Crippen molar-refractivity contribution in [1.82, 2.24) is 14.9 Å². The van der Waals surface area contributed by atoms with E-state index in [9.17, 15) is 9.59 Å². The number of nitrogens with one attached hydrogen (secondary N) is 3. The minimum Gasteiger partial charge on any atom is -0.495 e. The summed E-state index contributed by atoms with van der Waals surface area (Å²) in [5.74, 6) is 0.911. The van der Waals surface area contributed by atoms with Crippen molar-refractivity contribution >= 4 is 46.6 Å². The molecule has 4 atom stereocenters. The number of rotatable bonds is 7. The van der Waals surface area contributed by atoms with E-state index in [4.69, 9.17) is 22.1 Å². The third kappa shape index (κ3) is 4.51. The number of hydrogen-bond donors (Lipinski definition) is 4. The molecule has 184 valence electrons. The first-order valence-electron chi connectivity index (χ1n) is 11.6. The molecule has 1 fully saturated rings. The van der Waals surface area contributed by atoms with Crippen molar-refractivity contribution in [1.29, 1.82) is 0 Å². The molecule has 0 spiro atoms. The largest absolute Gasteiger partial charge is 0.495 e. The van der Waals surface area contributed by atoms with E-state index in [0.717, 1.165) is 18.5 Å². The van der Waals surface area contributed by atoms with Crippen molar-refractivity contribution in [2.45, 2.75) is 25.9 Å². The number of halogens is 1. The molecule has 2 heterocycles. The van der Waals surface area contributed by atoms with Crippen LogP contribution in [0.1, 0.15) is 18.9 Å². The lowest BCUT2D eigenvalue weighted by Crippen LogP contribution is -2.41. The summed E-state index contributed by atoms with van der Waals surface area (Å²) in [4.78, 5) is 35.3. The predicted octanol–water partition coefficient (Wildman–Crippen LogP) is 2.74. The highest BCUT2D eigenvalue weighted by Crippen LogP contribution is 2.45. The van der Waals surface area contributed by atoms with Crippen LogP contribution < -0.4 is 26.4 Å². The number of hydrogen-bond acceptors (Lipinski definition) is 8. The maximum absolute atomic E-state index is 12.3. The van der Waals surface area contributed by atoms with Crippen molar-refractivity contribution in [3.63, 3.8) is 0 Å². The van der Waals surface area contributed by atoms with Gasteiger partial charge in [0.2, 0.25) is 17.8 Å². The summed E-state index contributed by atoms with van der Waals surface area (Å²) in [6.45, 7) is 3.74. The number of anilines is 4. The summed E-state index contributed by atoms with van der Waals surface area (Å²) in [7, 11) is 1.59. The highest BCUT2D eigenvalue weighted by Gasteiger charge is 2.47. The van der Waals surface area contributed by atoms with E-state index in [2.05, 4.69) is 43.0 Å². The minimum absolute atomic E-state index is 0.0696. The van der Waals surface area contributed by atoms with E-state index in [-0.39, 0.29) is 35.6 Å². The van der Waals surface area contributed by atoms with Crippen molar-refractivity contribution in [3.8, 4) is 5.75 Å². The second-order valence-corrected chi connectivity index (χ2v) is 9.53. The molecule has 1 aromatic carbocycles. The number of ether oxygens (including phenoxy) is 1. The number of allylic oxidation sites excluding steroid dienone is 1. The Kier molecular flexibility index (Phi) is 6.24. The number of fused-ring (bicyclic) bond motifs is 3. The van der Waals surface area contributed by atoms with Gasteiger partial charge in [0.1, 0.15) is 10.8 Å². The lowest BCUT2D eigenvalue weighted by atomic mass is 9.88. The first kappa shape index (κ1) is 23.4. The van der Waals surface area contributed by atoms with E-state index in [1.165, 1.54) is 6.20 Å². The monoisotopic (exact) mass is 497 g/mol. The van der Waals surface area contributed by atoms with Gasteiger partial charge in [-0.25, -0.2) is 4.98 Å². The number of primary amides is 1. The second-order valence-electron chi connectivity index (χ2n) is 9.12. The van der Waals surface area contributed by atoms with Crippen molar-refractivity contribution in [2.24, 2.45) is 23.5 Å². The van der Waals surface area contributed by atoms with Crippen LogP contribution >= 0.6 is 11.6 Å². The quantitative estimate of drug-likeness (QED) is 0.429. The summed E-state index contributed by atoms with van der Waals surface area (Å²) in [6.07, 6.45) is 6.56. The van der Waals surface area contributed by atoms with Gasteiger partial charge in [-0.1, -0.05) is 30.7 Å². The molecule has 2 bridgehead atoms. The number of methoxy groups -OCH3 is 1. The Bertz CT molecular complexity index is 1200. The summed E-state index contributed by atoms with van der Waals surface area (Å²) in [6, 6.07) is 3.54. The molecule has 0 radical (unpaired) electrons. The number of aromatic nitrogens is 2. The van der Waals surface area contributed by atoms with Crippen molar-refractivity contribution < 1.29 is 14.3 Å². The normalized spacial score (nSPS) is 25.1. The molecule has 5 N–H and O–H groups in total. The number of carbonyl (C=O) groups is 2. The Hall–Kier alpha value is -3.37. The molecule has 2 aliphatic carbocycles. The minimum atomic E-state index is -0.332. The lowest BCUT2D eigenvalue weighted by molar-refractivity contribution is -0.122. The maximum atomic E-state index is 12.3. The standard InChI is InChI=1S/C24H28ClN7O3/c1-3-32-10-14-7-18(35-2)17(8-16(14)28-19(33)11-32)29-24-27-9-15(25)23(31-24)30-21-13-5-4-12(6-13)20(21)22(26)34/h4-5,7-9,12-13,20-21H,3,6,10-11H2,1-2H3,(H2,26,34)(H,28,33)(H2,27,29,30,31)/t12-,13+,20+,21-/m1/s1. The van der Waals surface area contributed by atoms with E-state index in [1.54, 1.807) is 7.11 Å². The van der Waals surface area contributed by atoms with E-state index in [1.807, 2.05) is 19.1 Å². The molecule has 1 saturated carbocycles. The van der Waals surface area contributed by atoms with Gasteiger partial charge in [-0.15, -0.1) is 0 Å². The van der Waals surface area contributed by atoms with Crippen LogP contribution in [0.2, 0.25) is 5.02 Å². The smallest absolute Gasteiger partial charge is 0.238 e. The Labute approximate surface area is 208 Å². The highest BCUT2D eigenvalue weighted by molar-refractivity contribution is 6.32. The van der Waals surface area contributed by atoms with Gasteiger partial charge in [-0.3, -0.25) is 14.5 Å². The summed E-state index contributed by atoms with van der Waals surface area (Å²) in [5.41, 5.74) is 7.95. The Balaban J connectivity index is 1.41. The van der Waals surface area contributed by atoms with E-state index in [0.29, 0.717) is 47.0 Å². The first-order chi connectivity index (χ1) is 16.9. The van der Waals surface area contributed by atoms with Gasteiger partial charge >= 0.3 is 0 Å². The molecule has 2 amide bonds. The van der Waals surface area contributed by atoms with Gasteiger partial charge in [0.25, 0.3) is 0 Å². The SMILES string of the molecule is CCN1CC(=O)Nc2cc(Nc3ncc(Cl)c(N[C@H]4[C@@H](C(N)=O)[C@@H]5C=C[C@H]4C5)n3)c(OC)cc2C1. The van der Waals surface area contributed by atoms with Crippen LogP contribution in [0.4, 0.5) is 23.1 Å². The average Bonchev–Trinajstić information content (AvgIpc) is 3.39. The van der Waals surface area contributed by atoms with Gasteiger partial charge < -0.3 is 26.4 Å². The van der Waals surface area contributed by atoms with Gasteiger partial charge in [0.05, 0.1) is 31.5 Å². The summed E-state index contributed by atoms with van der Waals surface area (Å²) in [5, 5.41) is 9.81. The first-order valence-corrected chi connectivity index (χ1v) is 12.0. The van der Waals surface area contributed by atoms with Gasteiger partial charge in [-0.05, 0) is 42.5 Å². The zero-order valence-electron chi connectivity index (χ0n) is 19.5. The van der Waals surface area contributed by atoms with Crippen LogP contribution in [0, 0.1) is 17.8 Å². The molecular formula is C24H28ClN7O3. The fraction of sp³-hybridized carbons (Fsp3) is 0.417. The summed E-state index contributed by atoms with van der Waals surface area (Å²) < 4.78 is 5.61. The molecule has 2 aromatic rings. The number of likely N-dealkylation sites (N-methyl/N-ethyl adjacent to an activating group) is 1. The molecule has 10 nitrogen and oxygen atoms in total. The zero-order chi connectivity index (χ0) is 24.7. The molecule has 1 aromatic heterocycles. The predicted molar refractivity (Wildman–Crippen MR) is 134 cm³/mol. The average molecular weight is 498 g/mol. The number of amides is 2. The number of carbonyl (C=O) groups excluding carboxylic acids is 2. The maximum Gasteiger partial charge on any atom is 0.238 e. The van der Waals surface area contributed by atoms with Crippen LogP contribution in [0.5, 0.6) is 5.75 Å². The Morgan fingerprint density at radius 1 is 1.31 bits per heavy atom. The van der Waals surface area contributed by atoms with Gasteiger partial charge in [0.15, 0.2) is 5.82 Å². The zero-order valence-corrected chi connectivity index (χ0v) is 20.3. The lowest BCUT2D eigenvalue weighted by Gasteiger charge is -2.27. The van der Waals surface area contributed by atoms with Crippen molar-refractivity contribution in [3.05, 3.63) is 41.1 Å². The van der Waals surface area contributed by atoms with Crippen LogP contribution in [0.3, 0.4) is 0 Å². The number of nitrogens with two attached hydrogens (primary N) is 1. The fourth-order valence-corrected chi connectivity index (χ4v) is 5.41. The Morgan fingerprint density at radius 3 is 2.86 bits per heavy atom. The summed E-state index contributed by atoms with van der Waals surface area (Å²) >= 11 is 6.40. The molecule has 0 unspecified atom stereocenters. The Morgan fingerprint density at radius 2 is 2.11 bits per heavy atom. The van der Waals surface area contributed by atoms with Gasteiger partial charge in [0, 0.05) is 18.3 Å². The topological polar surface area (TPSA) is 134 Å². The molecule has 3 aliphatic rings. The molecule has 0 saturated heterocycles. The van der Waals surface area contributed by atoms with Crippen LogP contribution in [-0.2, 0) is 16.1 Å². The fourth-order valence-electron chi connectivity index (χ4n) is 5.26. The molecule has 35 heavy (non-hydrogen) atoms. The molecule has 11 heteroatoms. The van der Waals surface area contributed by atoms with Crippen LogP contribution in [0.25, 0.3) is 0 Å². The molecule has 5 rings (SSSR count). The van der Waals surface area contributed by atoms with E-state index < -0.39 is 0 Å². The molecular weight excluding hydrogens is 470 g/mol. The van der Waals surface area contributed by atoms with Gasteiger partial charge in [-0.2, -0.15) is 4.98 Å². The highest BCUT2D eigenvalue weighted by atomic mass is 35.5. The third-order valence-corrected chi connectivity index (χ3v) is 7.27. The molecule has 1 aliphatic heterocycles. The second kappa shape index (κ2) is 9.35. The van der Waals surface area contributed by atoms with E-state index >= 15 is 0 Å². The number of nitrogens with zero attached hydrogens (tertiary/aromatic N) is 3. The number of benzene rings is 1. The van der Waals surface area contributed by atoms with Crippen LogP contribution in [-0.4, -0.2) is 52.9 Å². The van der Waals surface area contributed by atoms with Crippen LogP contribution in [0.15, 0.2) is 30.5 Å². The third-order valence-electron chi connectivity index (χ3n) is 6.99.